The number of thiazole rings is 1. The average Bonchev–Trinajstić information content (AvgIpc) is 2.82. The van der Waals surface area contributed by atoms with Gasteiger partial charge in [-0.2, -0.15) is 0 Å². The number of carbonyl (C=O) groups is 1. The third-order valence-corrected chi connectivity index (χ3v) is 4.41. The monoisotopic (exact) mass is 341 g/mol. The summed E-state index contributed by atoms with van der Waals surface area (Å²) in [6, 6.07) is 0. The fraction of sp³-hybridized carbons (Fsp3) is 0.667. The normalized spacial score (nSPS) is 16.7. The van der Waals surface area contributed by atoms with Crippen molar-refractivity contribution >= 4 is 42.1 Å². The predicted octanol–water partition coefficient (Wildman–Crippen LogP) is 1.68. The maximum absolute atomic E-state index is 12.3. The molecule has 0 aromatic carbocycles. The van der Waals surface area contributed by atoms with E-state index in [9.17, 15) is 4.79 Å². The van der Waals surface area contributed by atoms with E-state index in [2.05, 4.69) is 15.6 Å². The van der Waals surface area contributed by atoms with Gasteiger partial charge in [-0.05, 0) is 32.9 Å². The second kappa shape index (κ2) is 8.79. The van der Waals surface area contributed by atoms with Crippen LogP contribution in [0.25, 0.3) is 0 Å². The first-order valence-corrected chi connectivity index (χ1v) is 6.99. The summed E-state index contributed by atoms with van der Waals surface area (Å²) >= 11 is 1.57. The molecule has 0 aliphatic carbocycles. The van der Waals surface area contributed by atoms with Gasteiger partial charge in [0.25, 0.3) is 5.91 Å². The van der Waals surface area contributed by atoms with E-state index in [1.165, 1.54) is 0 Å². The third kappa shape index (κ3) is 4.30. The van der Waals surface area contributed by atoms with E-state index in [4.69, 9.17) is 4.74 Å². The highest BCUT2D eigenvalue weighted by Crippen LogP contribution is 2.23. The number of hydrogen-bond donors (Lipinski definition) is 2. The van der Waals surface area contributed by atoms with E-state index < -0.39 is 5.60 Å². The van der Waals surface area contributed by atoms with Gasteiger partial charge in [0, 0.05) is 12.0 Å². The fourth-order valence-electron chi connectivity index (χ4n) is 2.17. The molecule has 20 heavy (non-hydrogen) atoms. The topological polar surface area (TPSA) is 63.2 Å². The minimum atomic E-state index is -0.663. The van der Waals surface area contributed by atoms with Crippen LogP contribution in [-0.4, -0.2) is 36.7 Å². The molecular weight excluding hydrogens is 321 g/mol. The van der Waals surface area contributed by atoms with Crippen molar-refractivity contribution in [1.29, 1.82) is 0 Å². The van der Waals surface area contributed by atoms with Gasteiger partial charge < -0.3 is 15.4 Å². The number of nitrogens with zero attached hydrogens (tertiary/aromatic N) is 1. The summed E-state index contributed by atoms with van der Waals surface area (Å²) in [4.78, 5) is 17.5. The van der Waals surface area contributed by atoms with Gasteiger partial charge in [0.15, 0.2) is 0 Å². The molecule has 8 heteroatoms. The number of hydrogen-bond acceptors (Lipinski definition) is 5. The molecule has 1 aliphatic rings. The lowest BCUT2D eigenvalue weighted by Gasteiger charge is -2.34. The molecule has 1 amide bonds. The Morgan fingerprint density at radius 3 is 2.65 bits per heavy atom. The van der Waals surface area contributed by atoms with Crippen LogP contribution in [0.1, 0.15) is 23.4 Å². The summed E-state index contributed by atoms with van der Waals surface area (Å²) in [6.45, 7) is 4.13. The van der Waals surface area contributed by atoms with Crippen LogP contribution < -0.4 is 10.6 Å². The second-order valence-corrected chi connectivity index (χ2v) is 5.43. The predicted molar refractivity (Wildman–Crippen MR) is 85.0 cm³/mol. The zero-order valence-corrected chi connectivity index (χ0v) is 14.1. The van der Waals surface area contributed by atoms with Crippen molar-refractivity contribution in [2.24, 2.45) is 0 Å². The largest absolute Gasteiger partial charge is 0.368 e. The smallest absolute Gasteiger partial charge is 0.252 e. The summed E-state index contributed by atoms with van der Waals surface area (Å²) in [5, 5.41) is 6.21. The van der Waals surface area contributed by atoms with Crippen LogP contribution in [0.2, 0.25) is 0 Å². The molecule has 2 N–H and O–H groups in total. The Hall–Kier alpha value is -0.400. The van der Waals surface area contributed by atoms with Crippen molar-refractivity contribution in [3.05, 3.63) is 16.1 Å². The molecule has 0 atom stereocenters. The van der Waals surface area contributed by atoms with Gasteiger partial charge in [-0.1, -0.05) is 0 Å². The molecule has 1 aromatic rings. The lowest BCUT2D eigenvalue weighted by atomic mass is 9.91. The molecule has 0 bridgehead atoms. The van der Waals surface area contributed by atoms with Crippen LogP contribution in [-0.2, 0) is 16.1 Å². The average molecular weight is 342 g/mol. The van der Waals surface area contributed by atoms with Crippen molar-refractivity contribution in [1.82, 2.24) is 15.6 Å². The lowest BCUT2D eigenvalue weighted by Crippen LogP contribution is -2.53. The number of nitrogens with one attached hydrogen (secondary N) is 2. The maximum Gasteiger partial charge on any atom is 0.252 e. The minimum Gasteiger partial charge on any atom is -0.368 e. The second-order valence-electron chi connectivity index (χ2n) is 4.49. The number of carbonyl (C=O) groups excluding carboxylic acids is 1. The van der Waals surface area contributed by atoms with Gasteiger partial charge in [-0.15, -0.1) is 36.2 Å². The Kier molecular flexibility index (Phi) is 8.62. The van der Waals surface area contributed by atoms with Crippen LogP contribution in [0.3, 0.4) is 0 Å². The van der Waals surface area contributed by atoms with Crippen molar-refractivity contribution < 1.29 is 9.53 Å². The number of rotatable bonds is 4. The van der Waals surface area contributed by atoms with Gasteiger partial charge in [-0.3, -0.25) is 4.79 Å². The Balaban J connectivity index is 0.00000180. The van der Waals surface area contributed by atoms with Crippen molar-refractivity contribution in [2.75, 3.05) is 20.2 Å². The SMILES string of the molecule is COC1(C(=O)NCc2scnc2C)CCNCC1.Cl.Cl. The molecule has 1 aliphatic heterocycles. The Labute approximate surface area is 135 Å². The number of amides is 1. The molecule has 1 aromatic heterocycles. The lowest BCUT2D eigenvalue weighted by molar-refractivity contribution is -0.146. The summed E-state index contributed by atoms with van der Waals surface area (Å²) in [5.41, 5.74) is 2.12. The number of halogens is 2. The van der Waals surface area contributed by atoms with Crippen molar-refractivity contribution in [3.63, 3.8) is 0 Å². The first-order chi connectivity index (χ1) is 8.68. The molecule has 0 unspecified atom stereocenters. The molecule has 1 saturated heterocycles. The van der Waals surface area contributed by atoms with Crippen LogP contribution in [0, 0.1) is 6.92 Å². The van der Waals surface area contributed by atoms with Gasteiger partial charge in [0.1, 0.15) is 5.60 Å². The van der Waals surface area contributed by atoms with E-state index in [0.29, 0.717) is 6.54 Å². The maximum atomic E-state index is 12.3. The molecule has 5 nitrogen and oxygen atoms in total. The molecule has 0 radical (unpaired) electrons. The molecule has 0 spiro atoms. The van der Waals surface area contributed by atoms with Crippen molar-refractivity contribution in [3.8, 4) is 0 Å². The zero-order valence-electron chi connectivity index (χ0n) is 11.6. The first kappa shape index (κ1) is 19.6. The Bertz CT molecular complexity index is 423. The Morgan fingerprint density at radius 1 is 1.50 bits per heavy atom. The fourth-order valence-corrected chi connectivity index (χ4v) is 2.89. The molecule has 0 saturated carbocycles. The van der Waals surface area contributed by atoms with Crippen LogP contribution in [0.4, 0.5) is 0 Å². The van der Waals surface area contributed by atoms with Gasteiger partial charge in [-0.25, -0.2) is 4.98 Å². The van der Waals surface area contributed by atoms with E-state index >= 15 is 0 Å². The van der Waals surface area contributed by atoms with E-state index in [1.54, 1.807) is 24.0 Å². The van der Waals surface area contributed by atoms with Crippen LogP contribution in [0.5, 0.6) is 0 Å². The van der Waals surface area contributed by atoms with Crippen LogP contribution >= 0.6 is 36.2 Å². The summed E-state index contributed by atoms with van der Waals surface area (Å²) < 4.78 is 5.48. The number of ether oxygens (including phenoxy) is 1. The summed E-state index contributed by atoms with van der Waals surface area (Å²) in [5.74, 6) is -0.0145. The molecular formula is C12H21Cl2N3O2S. The summed E-state index contributed by atoms with van der Waals surface area (Å²) in [7, 11) is 1.61. The number of piperidine rings is 1. The standard InChI is InChI=1S/C12H19N3O2S.2ClH/c1-9-10(18-8-15-9)7-14-11(16)12(17-2)3-5-13-6-4-12;;/h8,13H,3-7H2,1-2H3,(H,14,16);2*1H. The molecule has 2 heterocycles. The summed E-state index contributed by atoms with van der Waals surface area (Å²) in [6.07, 6.45) is 1.44. The third-order valence-electron chi connectivity index (χ3n) is 3.47. The van der Waals surface area contributed by atoms with Gasteiger partial charge in [0.05, 0.1) is 17.7 Å². The van der Waals surface area contributed by atoms with E-state index in [-0.39, 0.29) is 30.7 Å². The van der Waals surface area contributed by atoms with E-state index in [1.807, 2.05) is 6.92 Å². The van der Waals surface area contributed by atoms with Gasteiger partial charge >= 0.3 is 0 Å². The molecule has 1 fully saturated rings. The number of aryl methyl sites for hydroxylation is 1. The Morgan fingerprint density at radius 2 is 2.15 bits per heavy atom. The first-order valence-electron chi connectivity index (χ1n) is 6.11. The van der Waals surface area contributed by atoms with Crippen LogP contribution in [0.15, 0.2) is 5.51 Å². The highest BCUT2D eigenvalue weighted by Gasteiger charge is 2.39. The zero-order chi connectivity index (χ0) is 13.0. The van der Waals surface area contributed by atoms with E-state index in [0.717, 1.165) is 36.5 Å². The number of methoxy groups -OCH3 is 1. The molecule has 2 rings (SSSR count). The quantitative estimate of drug-likeness (QED) is 0.874. The minimum absolute atomic E-state index is 0. The molecule has 116 valence electrons. The highest BCUT2D eigenvalue weighted by molar-refractivity contribution is 7.09. The number of aromatic nitrogens is 1. The highest BCUT2D eigenvalue weighted by atomic mass is 35.5. The van der Waals surface area contributed by atoms with Gasteiger partial charge in [0.2, 0.25) is 0 Å². The van der Waals surface area contributed by atoms with Crippen molar-refractivity contribution in [2.45, 2.75) is 31.9 Å².